The van der Waals surface area contributed by atoms with Crippen molar-refractivity contribution in [3.8, 4) is 0 Å². The monoisotopic (exact) mass is 262 g/mol. The maximum absolute atomic E-state index is 9.97. The summed E-state index contributed by atoms with van der Waals surface area (Å²) in [4.78, 5) is 2.09. The van der Waals surface area contributed by atoms with Crippen LogP contribution in [0.1, 0.15) is 13.3 Å². The molecule has 0 aromatic heterocycles. The third-order valence-electron chi connectivity index (χ3n) is 3.49. The van der Waals surface area contributed by atoms with Crippen LogP contribution in [0.4, 0.5) is 0 Å². The van der Waals surface area contributed by atoms with E-state index in [9.17, 15) is 5.11 Å². The number of nitrogens with zero attached hydrogens (tertiary/aromatic N) is 2. The fourth-order valence-electron chi connectivity index (χ4n) is 2.13. The fourth-order valence-corrected chi connectivity index (χ4v) is 2.13. The van der Waals surface area contributed by atoms with Crippen LogP contribution in [0.25, 0.3) is 0 Å². The molecule has 1 fully saturated rings. The van der Waals surface area contributed by atoms with Gasteiger partial charge in [0.05, 0.1) is 12.8 Å². The van der Waals surface area contributed by atoms with Gasteiger partial charge in [0.15, 0.2) is 0 Å². The van der Waals surface area contributed by atoms with Gasteiger partial charge in [-0.15, -0.1) is 0 Å². The maximum Gasteiger partial charge on any atom is 0.111 e. The zero-order valence-corrected chi connectivity index (χ0v) is 11.0. The molecule has 0 bridgehead atoms. The van der Waals surface area contributed by atoms with Gasteiger partial charge in [-0.3, -0.25) is 16.1 Å². The Bertz CT molecular complexity index is 228. The molecule has 1 rings (SSSR count). The van der Waals surface area contributed by atoms with E-state index in [1.54, 1.807) is 5.01 Å². The lowest BCUT2D eigenvalue weighted by atomic mass is 10.1. The Kier molecular flexibility index (Phi) is 7.02. The Morgan fingerprint density at radius 1 is 1.39 bits per heavy atom. The van der Waals surface area contributed by atoms with Gasteiger partial charge < -0.3 is 15.3 Å². The highest BCUT2D eigenvalue weighted by Gasteiger charge is 2.28. The third-order valence-corrected chi connectivity index (χ3v) is 3.49. The van der Waals surface area contributed by atoms with Crippen LogP contribution in [-0.4, -0.2) is 77.0 Å². The van der Waals surface area contributed by atoms with Crippen molar-refractivity contribution in [1.82, 2.24) is 15.2 Å². The van der Waals surface area contributed by atoms with Crippen molar-refractivity contribution in [3.05, 3.63) is 0 Å². The molecule has 1 aliphatic heterocycles. The van der Waals surface area contributed by atoms with Crippen molar-refractivity contribution in [2.24, 2.45) is 11.8 Å². The summed E-state index contributed by atoms with van der Waals surface area (Å²) in [6, 6.07) is 0. The number of aliphatic hydroxyl groups is 3. The second kappa shape index (κ2) is 8.00. The summed E-state index contributed by atoms with van der Waals surface area (Å²) in [6.07, 6.45) is -0.242. The first-order valence-corrected chi connectivity index (χ1v) is 6.51. The minimum atomic E-state index is -0.773. The Morgan fingerprint density at radius 3 is 2.67 bits per heavy atom. The molecule has 1 aliphatic rings. The zero-order chi connectivity index (χ0) is 13.5. The van der Waals surface area contributed by atoms with Crippen molar-refractivity contribution in [3.63, 3.8) is 0 Å². The lowest BCUT2D eigenvalue weighted by molar-refractivity contribution is -0.0239. The van der Waals surface area contributed by atoms with Gasteiger partial charge in [-0.25, -0.2) is 5.01 Å². The molecule has 1 saturated heterocycles. The van der Waals surface area contributed by atoms with Gasteiger partial charge in [0.25, 0.3) is 0 Å². The average molecular weight is 262 g/mol. The predicted octanol–water partition coefficient (Wildman–Crippen LogP) is -2.28. The number of hydrogen-bond acceptors (Lipinski definition) is 7. The highest BCUT2D eigenvalue weighted by atomic mass is 16.3. The molecule has 3 unspecified atom stereocenters. The normalized spacial score (nSPS) is 26.2. The van der Waals surface area contributed by atoms with Crippen molar-refractivity contribution >= 4 is 0 Å². The van der Waals surface area contributed by atoms with Crippen molar-refractivity contribution in [1.29, 1.82) is 0 Å². The Balaban J connectivity index is 2.47. The third kappa shape index (κ3) is 4.43. The SMILES string of the molecule is CCC(CO)C(O)NC1CN(CCO)CCN1N. The summed E-state index contributed by atoms with van der Waals surface area (Å²) >= 11 is 0. The number of β-amino-alcohol motifs (C(OH)–C–C–N with tert-alkyl or cyclic N) is 1. The number of hydrogen-bond donors (Lipinski definition) is 5. The van der Waals surface area contributed by atoms with Crippen LogP contribution >= 0.6 is 0 Å². The summed E-state index contributed by atoms with van der Waals surface area (Å²) < 4.78 is 0. The van der Waals surface area contributed by atoms with E-state index in [1.165, 1.54) is 0 Å². The first kappa shape index (κ1) is 15.8. The van der Waals surface area contributed by atoms with Crippen LogP contribution < -0.4 is 11.2 Å². The first-order valence-electron chi connectivity index (χ1n) is 6.51. The van der Waals surface area contributed by atoms with E-state index in [1.807, 2.05) is 6.92 Å². The summed E-state index contributed by atoms with van der Waals surface area (Å²) in [5.74, 6) is 5.69. The minimum absolute atomic E-state index is 0.0533. The second-order valence-electron chi connectivity index (χ2n) is 4.74. The van der Waals surface area contributed by atoms with E-state index in [0.717, 1.165) is 6.54 Å². The summed E-state index contributed by atoms with van der Waals surface area (Å²) in [6.45, 7) is 4.74. The Morgan fingerprint density at radius 2 is 2.11 bits per heavy atom. The topological polar surface area (TPSA) is 105 Å². The molecule has 3 atom stereocenters. The molecule has 6 N–H and O–H groups in total. The molecule has 108 valence electrons. The maximum atomic E-state index is 9.97. The standard InChI is InChI=1S/C11H26N4O3/c1-2-9(8-17)11(18)13-10-7-14(5-6-16)3-4-15(10)12/h9-11,13,16-18H,2-8,12H2,1H3. The van der Waals surface area contributed by atoms with Gasteiger partial charge in [-0.1, -0.05) is 6.92 Å². The summed E-state index contributed by atoms with van der Waals surface area (Å²) in [7, 11) is 0. The van der Waals surface area contributed by atoms with E-state index >= 15 is 0 Å². The Labute approximate surface area is 108 Å². The molecule has 18 heavy (non-hydrogen) atoms. The molecule has 1 heterocycles. The molecule has 0 radical (unpaired) electrons. The molecular formula is C11H26N4O3. The second-order valence-corrected chi connectivity index (χ2v) is 4.74. The highest BCUT2D eigenvalue weighted by molar-refractivity contribution is 4.79. The van der Waals surface area contributed by atoms with Gasteiger partial charge in [-0.05, 0) is 6.42 Å². The quantitative estimate of drug-likeness (QED) is 0.260. The van der Waals surface area contributed by atoms with Crippen LogP contribution in [-0.2, 0) is 0 Å². The summed E-state index contributed by atoms with van der Waals surface area (Å²) in [5, 5.41) is 32.7. The first-order chi connectivity index (χ1) is 8.62. The number of nitrogens with two attached hydrogens (primary N) is 1. The molecule has 7 heteroatoms. The molecule has 0 saturated carbocycles. The van der Waals surface area contributed by atoms with Gasteiger partial charge in [0.2, 0.25) is 0 Å². The molecule has 0 spiro atoms. The Hall–Kier alpha value is -0.280. The fraction of sp³-hybridized carbons (Fsp3) is 1.00. The lowest BCUT2D eigenvalue weighted by Crippen LogP contribution is -2.64. The van der Waals surface area contributed by atoms with Crippen molar-refractivity contribution in [2.75, 3.05) is 39.4 Å². The van der Waals surface area contributed by atoms with E-state index in [0.29, 0.717) is 26.1 Å². The van der Waals surface area contributed by atoms with Crippen LogP contribution in [0, 0.1) is 5.92 Å². The van der Waals surface area contributed by atoms with Crippen LogP contribution in [0.2, 0.25) is 0 Å². The smallest absolute Gasteiger partial charge is 0.111 e. The number of rotatable bonds is 7. The lowest BCUT2D eigenvalue weighted by Gasteiger charge is -2.40. The average Bonchev–Trinajstić information content (AvgIpc) is 2.35. The molecular weight excluding hydrogens is 236 g/mol. The van der Waals surface area contributed by atoms with Gasteiger partial charge in [0.1, 0.15) is 6.23 Å². The largest absolute Gasteiger partial charge is 0.396 e. The number of piperazine rings is 1. The minimum Gasteiger partial charge on any atom is -0.396 e. The van der Waals surface area contributed by atoms with Gasteiger partial charge in [-0.2, -0.15) is 0 Å². The number of hydrazine groups is 1. The van der Waals surface area contributed by atoms with Gasteiger partial charge in [0, 0.05) is 38.7 Å². The van der Waals surface area contributed by atoms with Crippen molar-refractivity contribution in [2.45, 2.75) is 25.7 Å². The van der Waals surface area contributed by atoms with E-state index in [-0.39, 0.29) is 25.3 Å². The van der Waals surface area contributed by atoms with Crippen LogP contribution in [0.5, 0.6) is 0 Å². The number of nitrogens with one attached hydrogen (secondary N) is 1. The van der Waals surface area contributed by atoms with Crippen LogP contribution in [0.15, 0.2) is 0 Å². The molecule has 0 amide bonds. The molecule has 0 aromatic carbocycles. The zero-order valence-electron chi connectivity index (χ0n) is 11.0. The number of aliphatic hydroxyl groups excluding tert-OH is 3. The van der Waals surface area contributed by atoms with E-state index < -0.39 is 6.23 Å². The van der Waals surface area contributed by atoms with Crippen LogP contribution in [0.3, 0.4) is 0 Å². The van der Waals surface area contributed by atoms with E-state index in [2.05, 4.69) is 10.2 Å². The predicted molar refractivity (Wildman–Crippen MR) is 68.2 cm³/mol. The summed E-state index contributed by atoms with van der Waals surface area (Å²) in [5.41, 5.74) is 0. The molecule has 0 aromatic rings. The van der Waals surface area contributed by atoms with Crippen molar-refractivity contribution < 1.29 is 15.3 Å². The molecule has 0 aliphatic carbocycles. The molecule has 7 nitrogen and oxygen atoms in total. The van der Waals surface area contributed by atoms with Gasteiger partial charge >= 0.3 is 0 Å². The highest BCUT2D eigenvalue weighted by Crippen LogP contribution is 2.09. The van der Waals surface area contributed by atoms with E-state index in [4.69, 9.17) is 16.1 Å².